The molecule has 0 amide bonds. The molecule has 19 heavy (non-hydrogen) atoms. The lowest BCUT2D eigenvalue weighted by atomic mass is 9.80. The molecule has 0 heterocycles. The van der Waals surface area contributed by atoms with Crippen LogP contribution in [0.4, 0.5) is 17.6 Å². The van der Waals surface area contributed by atoms with E-state index in [-0.39, 0.29) is 11.3 Å². The van der Waals surface area contributed by atoms with Gasteiger partial charge in [0.05, 0.1) is 5.56 Å². The number of benzene rings is 1. The molecule has 0 saturated heterocycles. The Morgan fingerprint density at radius 3 is 2.26 bits per heavy atom. The van der Waals surface area contributed by atoms with E-state index in [1.807, 2.05) is 0 Å². The average molecular weight is 274 g/mol. The van der Waals surface area contributed by atoms with Crippen LogP contribution >= 0.6 is 0 Å². The van der Waals surface area contributed by atoms with E-state index in [0.717, 1.165) is 18.9 Å². The summed E-state index contributed by atoms with van der Waals surface area (Å²) in [6, 6.07) is 2.41. The lowest BCUT2D eigenvalue weighted by molar-refractivity contribution is -0.140. The molecular formula is C14H14F4O. The Morgan fingerprint density at radius 1 is 1.21 bits per heavy atom. The highest BCUT2D eigenvalue weighted by molar-refractivity contribution is 6.00. The van der Waals surface area contributed by atoms with Crippen molar-refractivity contribution in [2.45, 2.75) is 38.8 Å². The first kappa shape index (κ1) is 14.0. The fourth-order valence-corrected chi connectivity index (χ4v) is 2.62. The van der Waals surface area contributed by atoms with E-state index in [2.05, 4.69) is 0 Å². The number of alkyl halides is 3. The Labute approximate surface area is 108 Å². The molecule has 1 fully saturated rings. The molecule has 0 atom stereocenters. The molecule has 0 aliphatic heterocycles. The molecule has 1 aromatic rings. The van der Waals surface area contributed by atoms with Crippen LogP contribution in [0, 0.1) is 11.2 Å². The maximum atomic E-state index is 13.4. The molecule has 104 valence electrons. The Morgan fingerprint density at radius 2 is 1.79 bits per heavy atom. The van der Waals surface area contributed by atoms with Gasteiger partial charge in [-0.25, -0.2) is 4.39 Å². The van der Waals surface area contributed by atoms with Gasteiger partial charge in [-0.05, 0) is 25.0 Å². The van der Waals surface area contributed by atoms with E-state index in [0.29, 0.717) is 25.0 Å². The summed E-state index contributed by atoms with van der Waals surface area (Å²) in [4.78, 5) is 12.2. The second-order valence-corrected chi connectivity index (χ2v) is 5.29. The molecule has 0 N–H and O–H groups in total. The number of carbonyl (C=O) groups is 1. The number of ketones is 1. The summed E-state index contributed by atoms with van der Waals surface area (Å²) in [6.07, 6.45) is -1.48. The van der Waals surface area contributed by atoms with Gasteiger partial charge < -0.3 is 0 Å². The second kappa shape index (κ2) is 4.62. The molecule has 1 aliphatic rings. The second-order valence-electron chi connectivity index (χ2n) is 5.29. The molecule has 1 nitrogen and oxygen atoms in total. The van der Waals surface area contributed by atoms with Crippen molar-refractivity contribution >= 4 is 5.78 Å². The molecule has 1 saturated carbocycles. The van der Waals surface area contributed by atoms with E-state index in [9.17, 15) is 22.4 Å². The van der Waals surface area contributed by atoms with Crippen LogP contribution in [0.2, 0.25) is 0 Å². The largest absolute Gasteiger partial charge is 0.419 e. The Balaban J connectivity index is 2.32. The maximum absolute atomic E-state index is 13.4. The van der Waals surface area contributed by atoms with E-state index in [1.54, 1.807) is 6.92 Å². The van der Waals surface area contributed by atoms with Crippen molar-refractivity contribution < 1.29 is 22.4 Å². The first-order chi connectivity index (χ1) is 8.74. The number of hydrogen-bond donors (Lipinski definition) is 0. The van der Waals surface area contributed by atoms with Crippen LogP contribution in [0.25, 0.3) is 0 Å². The fourth-order valence-electron chi connectivity index (χ4n) is 2.62. The summed E-state index contributed by atoms with van der Waals surface area (Å²) >= 11 is 0. The van der Waals surface area contributed by atoms with Gasteiger partial charge in [0.1, 0.15) is 5.82 Å². The number of carbonyl (C=O) groups excluding carboxylic acids is 1. The van der Waals surface area contributed by atoms with E-state index >= 15 is 0 Å². The van der Waals surface area contributed by atoms with Crippen molar-refractivity contribution in [3.8, 4) is 0 Å². The van der Waals surface area contributed by atoms with Gasteiger partial charge in [0.25, 0.3) is 0 Å². The zero-order valence-electron chi connectivity index (χ0n) is 10.5. The lowest BCUT2D eigenvalue weighted by Gasteiger charge is -2.22. The molecule has 5 heteroatoms. The summed E-state index contributed by atoms with van der Waals surface area (Å²) in [5.41, 5.74) is -1.87. The normalized spacial score (nSPS) is 18.6. The third-order valence-corrected chi connectivity index (χ3v) is 3.79. The van der Waals surface area contributed by atoms with Crippen molar-refractivity contribution in [1.29, 1.82) is 0 Å². The van der Waals surface area contributed by atoms with E-state index < -0.39 is 23.0 Å². The number of halogens is 4. The van der Waals surface area contributed by atoms with E-state index in [1.165, 1.54) is 0 Å². The zero-order valence-corrected chi connectivity index (χ0v) is 10.5. The van der Waals surface area contributed by atoms with Gasteiger partial charge in [0.15, 0.2) is 5.78 Å². The van der Waals surface area contributed by atoms with Gasteiger partial charge in [-0.1, -0.05) is 25.8 Å². The highest BCUT2D eigenvalue weighted by atomic mass is 19.4. The summed E-state index contributed by atoms with van der Waals surface area (Å²) in [5.74, 6) is -1.66. The summed E-state index contributed by atoms with van der Waals surface area (Å²) in [7, 11) is 0. The molecule has 1 aliphatic carbocycles. The maximum Gasteiger partial charge on any atom is 0.419 e. The van der Waals surface area contributed by atoms with Crippen LogP contribution in [-0.4, -0.2) is 5.78 Å². The topological polar surface area (TPSA) is 17.1 Å². The van der Waals surface area contributed by atoms with Crippen molar-refractivity contribution in [3.63, 3.8) is 0 Å². The third-order valence-electron chi connectivity index (χ3n) is 3.79. The molecule has 2 rings (SSSR count). The van der Waals surface area contributed by atoms with Crippen LogP contribution < -0.4 is 0 Å². The number of Topliss-reactive ketones (excluding diaryl/α,β-unsaturated/α-hetero) is 1. The Kier molecular flexibility index (Phi) is 3.41. The van der Waals surface area contributed by atoms with Crippen molar-refractivity contribution in [2.24, 2.45) is 5.41 Å². The summed E-state index contributed by atoms with van der Waals surface area (Å²) in [6.45, 7) is 1.79. The molecule has 0 radical (unpaired) electrons. The van der Waals surface area contributed by atoms with Crippen LogP contribution in [-0.2, 0) is 6.18 Å². The van der Waals surface area contributed by atoms with E-state index in [4.69, 9.17) is 0 Å². The number of rotatable bonds is 2. The SMILES string of the molecule is CC1(C(=O)c2ccc(C(F)(F)F)c(F)c2)CCCC1. The predicted octanol–water partition coefficient (Wildman–Crippen LogP) is 4.61. The van der Waals surface area contributed by atoms with Gasteiger partial charge in [0, 0.05) is 11.0 Å². The van der Waals surface area contributed by atoms with Gasteiger partial charge in [-0.3, -0.25) is 4.79 Å². The monoisotopic (exact) mass is 274 g/mol. The third kappa shape index (κ3) is 2.65. The molecule has 0 bridgehead atoms. The van der Waals surface area contributed by atoms with Crippen LogP contribution in [0.5, 0.6) is 0 Å². The molecular weight excluding hydrogens is 260 g/mol. The Hall–Kier alpha value is -1.39. The minimum Gasteiger partial charge on any atom is -0.294 e. The molecule has 0 spiro atoms. The van der Waals surface area contributed by atoms with Crippen LogP contribution in [0.15, 0.2) is 18.2 Å². The van der Waals surface area contributed by atoms with Crippen LogP contribution in [0.1, 0.15) is 48.5 Å². The van der Waals surface area contributed by atoms with Gasteiger partial charge in [-0.15, -0.1) is 0 Å². The highest BCUT2D eigenvalue weighted by Crippen LogP contribution is 2.41. The first-order valence-corrected chi connectivity index (χ1v) is 6.16. The summed E-state index contributed by atoms with van der Waals surface area (Å²) < 4.78 is 50.7. The fraction of sp³-hybridized carbons (Fsp3) is 0.500. The van der Waals surface area contributed by atoms with Gasteiger partial charge in [-0.2, -0.15) is 13.2 Å². The quantitative estimate of drug-likeness (QED) is 0.568. The van der Waals surface area contributed by atoms with Gasteiger partial charge >= 0.3 is 6.18 Å². The first-order valence-electron chi connectivity index (χ1n) is 6.16. The lowest BCUT2D eigenvalue weighted by Crippen LogP contribution is -2.24. The Bertz CT molecular complexity index is 499. The predicted molar refractivity (Wildman–Crippen MR) is 62.3 cm³/mol. The van der Waals surface area contributed by atoms with Crippen LogP contribution in [0.3, 0.4) is 0 Å². The number of hydrogen-bond acceptors (Lipinski definition) is 1. The summed E-state index contributed by atoms with van der Waals surface area (Å²) in [5, 5.41) is 0. The van der Waals surface area contributed by atoms with Crippen molar-refractivity contribution in [1.82, 2.24) is 0 Å². The van der Waals surface area contributed by atoms with Crippen molar-refractivity contribution in [2.75, 3.05) is 0 Å². The standard InChI is InChI=1S/C14H14F4O/c1-13(6-2-3-7-13)12(19)9-4-5-10(11(15)8-9)14(16,17)18/h4-5,8H,2-3,6-7H2,1H3. The van der Waals surface area contributed by atoms with Crippen molar-refractivity contribution in [3.05, 3.63) is 35.1 Å². The van der Waals surface area contributed by atoms with Gasteiger partial charge in [0.2, 0.25) is 0 Å². The molecule has 1 aromatic carbocycles. The zero-order chi connectivity index (χ0) is 14.3. The minimum atomic E-state index is -4.73. The average Bonchev–Trinajstić information content (AvgIpc) is 2.74. The highest BCUT2D eigenvalue weighted by Gasteiger charge is 2.38. The molecule has 0 unspecified atom stereocenters. The minimum absolute atomic E-state index is 0.0231. The molecule has 0 aromatic heterocycles. The smallest absolute Gasteiger partial charge is 0.294 e.